The van der Waals surface area contributed by atoms with Gasteiger partial charge >= 0.3 is 0 Å². The smallest absolute Gasteiger partial charge is 0.225 e. The van der Waals surface area contributed by atoms with Crippen LogP contribution in [0.2, 0.25) is 0 Å². The van der Waals surface area contributed by atoms with Crippen molar-refractivity contribution in [1.82, 2.24) is 52.4 Å². The lowest BCUT2D eigenvalue weighted by atomic mass is 9.98. The number of sulfonamides is 4. The first-order chi connectivity index (χ1) is 48.3. The Labute approximate surface area is 640 Å². The summed E-state index contributed by atoms with van der Waals surface area (Å²) in [6.07, 6.45) is 13.7. The SMILES string of the molecule is CC(C)C(=O)N1CCN(C)CC1.CC(C)N1CCC(S(=O)(=O)N(C)C)CC1.CC(C)OC1CCOCC1.CC(C)S(=O)(=O)N1CCCC1.CC(C)S(=O)(=O)N1CCN(C)CC1.CC1CCN(C(C)C)CC1.CC1CCN(C(C)C)CC1.COCCCNC(=O)C(C)C.COCCCNS(=O)(=O)C(C)C. The summed E-state index contributed by atoms with van der Waals surface area (Å²) < 4.78 is 120. The zero-order chi connectivity index (χ0) is 80.1. The van der Waals surface area contributed by atoms with Crippen molar-refractivity contribution in [1.29, 1.82) is 0 Å². The molecule has 2 amide bonds. The Morgan fingerprint density at radius 1 is 0.471 bits per heavy atom. The third-order valence-electron chi connectivity index (χ3n) is 19.4. The summed E-state index contributed by atoms with van der Waals surface area (Å²) >= 11 is 0. The molecule has 0 aromatic heterocycles. The van der Waals surface area contributed by atoms with E-state index >= 15 is 0 Å². The van der Waals surface area contributed by atoms with Crippen LogP contribution in [-0.4, -0.2) is 326 Å². The van der Waals surface area contributed by atoms with E-state index in [1.165, 1.54) is 56.2 Å². The van der Waals surface area contributed by atoms with E-state index in [-0.39, 0.29) is 38.7 Å². The molecule has 0 saturated carbocycles. The number of likely N-dealkylation sites (tertiary alicyclic amines) is 3. The number of piperazine rings is 2. The molecular formula is C75H161N11O14S4. The highest BCUT2D eigenvalue weighted by Crippen LogP contribution is 2.23. The van der Waals surface area contributed by atoms with Crippen molar-refractivity contribution < 1.29 is 62.2 Å². The van der Waals surface area contributed by atoms with Crippen molar-refractivity contribution in [3.05, 3.63) is 0 Å². The van der Waals surface area contributed by atoms with E-state index in [0.29, 0.717) is 70.0 Å². The molecule has 7 fully saturated rings. The average Bonchev–Trinajstić information content (AvgIpc) is 1.00. The van der Waals surface area contributed by atoms with Crippen molar-refractivity contribution in [2.24, 2.45) is 23.7 Å². The number of hydrogen-bond acceptors (Lipinski definition) is 19. The summed E-state index contributed by atoms with van der Waals surface area (Å²) in [6.45, 7) is 59.7. The molecule has 0 aliphatic carbocycles. The number of nitrogens with one attached hydrogen (secondary N) is 2. The second kappa shape index (κ2) is 56.4. The fraction of sp³-hybridized carbons (Fsp3) is 0.973. The third-order valence-corrected chi connectivity index (χ3v) is 28.1. The minimum absolute atomic E-state index is 0.0811. The molecule has 7 aliphatic rings. The topological polar surface area (TPSA) is 261 Å². The van der Waals surface area contributed by atoms with Crippen LogP contribution in [0.5, 0.6) is 0 Å². The highest BCUT2D eigenvalue weighted by Gasteiger charge is 2.33. The van der Waals surface area contributed by atoms with E-state index in [0.717, 1.165) is 148 Å². The summed E-state index contributed by atoms with van der Waals surface area (Å²) in [6, 6.07) is 2.04. The molecule has 0 spiro atoms. The molecular weight excluding hydrogens is 1410 g/mol. The van der Waals surface area contributed by atoms with Crippen molar-refractivity contribution in [3.8, 4) is 0 Å². The molecule has 7 heterocycles. The number of nitrogens with zero attached hydrogens (tertiary/aromatic N) is 9. The number of amides is 2. The third kappa shape index (κ3) is 46.1. The number of ether oxygens (including phenoxy) is 4. The van der Waals surface area contributed by atoms with Crippen LogP contribution in [0.3, 0.4) is 0 Å². The van der Waals surface area contributed by atoms with Gasteiger partial charge in [0.15, 0.2) is 0 Å². The molecule has 0 bridgehead atoms. The molecule has 7 rings (SSSR count). The highest BCUT2D eigenvalue weighted by atomic mass is 32.2. The van der Waals surface area contributed by atoms with Gasteiger partial charge in [0.25, 0.3) is 0 Å². The predicted molar refractivity (Wildman–Crippen MR) is 432 cm³/mol. The van der Waals surface area contributed by atoms with Crippen molar-refractivity contribution in [2.75, 3.05) is 187 Å². The Kier molecular flexibility index (Phi) is 56.6. The van der Waals surface area contributed by atoms with Gasteiger partial charge < -0.3 is 53.7 Å². The molecule has 624 valence electrons. The van der Waals surface area contributed by atoms with E-state index in [4.69, 9.17) is 18.9 Å². The molecule has 0 aromatic carbocycles. The monoisotopic (exact) mass is 1570 g/mol. The van der Waals surface area contributed by atoms with Crippen LogP contribution in [0.15, 0.2) is 0 Å². The summed E-state index contributed by atoms with van der Waals surface area (Å²) in [5.41, 5.74) is 0. The number of methoxy groups -OCH3 is 2. The Morgan fingerprint density at radius 2 is 0.837 bits per heavy atom. The van der Waals surface area contributed by atoms with Gasteiger partial charge in [0.1, 0.15) is 0 Å². The molecule has 0 radical (unpaired) electrons. The van der Waals surface area contributed by atoms with E-state index < -0.39 is 40.1 Å². The molecule has 0 aromatic rings. The molecule has 25 nitrogen and oxygen atoms in total. The quantitative estimate of drug-likeness (QED) is 0.0904. The standard InChI is InChI=1S/C10H22N2O2S.C9H18N2O.2C9H19N.C8H18N2O2S.C8H17NO2.C8H16O2.C7H17NO3S.C7H15NO2S/c1-9(2)12-7-5-10(6-8-12)15(13,14)11(3)4;1-8(2)9(12)11-6-4-10(3)5-7-11;2*1-8(2)10-6-4-9(3)5-7-10;1-8(2)13(11,12)10-6-4-9(3)5-7-10;1-7(2)8(10)9-5-4-6-11-3;1-7(2)10-8-3-5-9-6-4-8;1-7(2)12(9,10)8-5-4-6-11-3;1-7(2)11(9,10)8-5-3-4-6-8/h9-10H,5-8H2,1-4H3;8H,4-7H2,1-3H3;2*8-9H,4-7H2,1-3H3;8H,4-7H2,1-3H3;7H,4-6H2,1-3H3,(H,9,10);7-8H,3-6H2,1-2H3;7-8H,4-6H2,1-3H3;7H,3-6H2,1-2H3. The molecule has 0 atom stereocenters. The maximum Gasteiger partial charge on any atom is 0.225 e. The molecule has 104 heavy (non-hydrogen) atoms. The van der Waals surface area contributed by atoms with Gasteiger partial charge in [0, 0.05) is 163 Å². The summed E-state index contributed by atoms with van der Waals surface area (Å²) in [5, 5.41) is 1.70. The van der Waals surface area contributed by atoms with Crippen molar-refractivity contribution in [2.45, 2.75) is 267 Å². The van der Waals surface area contributed by atoms with Gasteiger partial charge in [-0.2, -0.15) is 4.31 Å². The van der Waals surface area contributed by atoms with Crippen LogP contribution >= 0.6 is 0 Å². The summed E-state index contributed by atoms with van der Waals surface area (Å²) in [5.74, 6) is 2.57. The lowest BCUT2D eigenvalue weighted by Crippen LogP contribution is -2.49. The van der Waals surface area contributed by atoms with E-state index in [1.54, 1.807) is 78.5 Å². The van der Waals surface area contributed by atoms with Crippen molar-refractivity contribution in [3.63, 3.8) is 0 Å². The minimum atomic E-state index is -3.08. The fourth-order valence-electron chi connectivity index (χ4n) is 11.5. The van der Waals surface area contributed by atoms with Gasteiger partial charge in [0.2, 0.25) is 51.9 Å². The summed E-state index contributed by atoms with van der Waals surface area (Å²) in [7, 11) is -1.50. The Hall–Kier alpha value is -1.78. The zero-order valence-corrected chi connectivity index (χ0v) is 74.2. The number of likely N-dealkylation sites (N-methyl/N-ethyl adjacent to an activating group) is 2. The predicted octanol–water partition coefficient (Wildman–Crippen LogP) is 8.95. The van der Waals surface area contributed by atoms with Crippen LogP contribution in [0.4, 0.5) is 0 Å². The number of piperidine rings is 3. The van der Waals surface area contributed by atoms with Gasteiger partial charge in [-0.25, -0.2) is 47.0 Å². The normalized spacial score (nSPS) is 19.7. The first kappa shape index (κ1) is 104. The number of carbonyl (C=O) groups excluding carboxylic acids is 2. The number of rotatable bonds is 23. The second-order valence-electron chi connectivity index (χ2n) is 31.7. The van der Waals surface area contributed by atoms with E-state index in [2.05, 4.69) is 111 Å². The summed E-state index contributed by atoms with van der Waals surface area (Å²) in [4.78, 5) is 36.3. The molecule has 7 saturated heterocycles. The van der Waals surface area contributed by atoms with Crippen LogP contribution < -0.4 is 10.0 Å². The lowest BCUT2D eigenvalue weighted by molar-refractivity contribution is -0.136. The fourth-order valence-corrected chi connectivity index (χ4v) is 16.3. The average molecular weight is 1570 g/mol. The van der Waals surface area contributed by atoms with Crippen molar-refractivity contribution >= 4 is 51.9 Å². The Balaban J connectivity index is 0. The van der Waals surface area contributed by atoms with Gasteiger partial charge in [-0.3, -0.25) is 9.59 Å². The maximum absolute atomic E-state index is 11.9. The first-order valence-corrected chi connectivity index (χ1v) is 45.6. The minimum Gasteiger partial charge on any atom is -0.385 e. The van der Waals surface area contributed by atoms with Crippen LogP contribution in [0.1, 0.15) is 216 Å². The lowest BCUT2D eigenvalue weighted by Gasteiger charge is -2.35. The van der Waals surface area contributed by atoms with Gasteiger partial charge in [-0.05, 0) is 239 Å². The van der Waals surface area contributed by atoms with Gasteiger partial charge in [-0.15, -0.1) is 0 Å². The van der Waals surface area contributed by atoms with E-state index in [1.807, 2.05) is 39.6 Å². The van der Waals surface area contributed by atoms with Gasteiger partial charge in [-0.1, -0.05) is 41.5 Å². The molecule has 29 heteroatoms. The highest BCUT2D eigenvalue weighted by molar-refractivity contribution is 7.90. The molecule has 0 unspecified atom stereocenters. The Morgan fingerprint density at radius 3 is 1.16 bits per heavy atom. The van der Waals surface area contributed by atoms with Gasteiger partial charge in [0.05, 0.1) is 33.2 Å². The zero-order valence-electron chi connectivity index (χ0n) is 70.9. The number of carbonyl (C=O) groups is 2. The molecule has 7 aliphatic heterocycles. The molecule has 2 N–H and O–H groups in total. The van der Waals surface area contributed by atoms with Crippen LogP contribution in [-0.2, 0) is 68.6 Å². The second-order valence-corrected chi connectivity index (χ2v) is 41.4. The largest absolute Gasteiger partial charge is 0.385 e. The van der Waals surface area contributed by atoms with Crippen LogP contribution in [0, 0.1) is 23.7 Å². The number of hydrogen-bond donors (Lipinski definition) is 2. The van der Waals surface area contributed by atoms with E-state index in [9.17, 15) is 43.3 Å². The first-order valence-electron chi connectivity index (χ1n) is 39.6. The Bertz CT molecular complexity index is 2580. The maximum atomic E-state index is 11.9. The van der Waals surface area contributed by atoms with Crippen LogP contribution in [0.25, 0.3) is 0 Å².